The van der Waals surface area contributed by atoms with Gasteiger partial charge in [-0.3, -0.25) is 9.58 Å². The molecule has 0 bridgehead atoms. The Morgan fingerprint density at radius 2 is 2.32 bits per heavy atom. The quantitative estimate of drug-likeness (QED) is 0.851. The Labute approximate surface area is 126 Å². The number of hydrogen-bond acceptors (Lipinski definition) is 3. The zero-order valence-corrected chi connectivity index (χ0v) is 13.7. The minimum atomic E-state index is 0.930. The van der Waals surface area contributed by atoms with Gasteiger partial charge >= 0.3 is 0 Å². The zero-order valence-electron chi connectivity index (χ0n) is 11.3. The summed E-state index contributed by atoms with van der Waals surface area (Å²) in [6.45, 7) is 8.33. The molecule has 0 fully saturated rings. The Hall–Kier alpha value is -0.650. The molecule has 0 atom stereocenters. The first-order chi connectivity index (χ1) is 9.19. The highest BCUT2D eigenvalue weighted by Gasteiger charge is 2.20. The summed E-state index contributed by atoms with van der Waals surface area (Å²) in [7, 11) is 0. The van der Waals surface area contributed by atoms with E-state index in [0.29, 0.717) is 0 Å². The van der Waals surface area contributed by atoms with Crippen molar-refractivity contribution in [3.05, 3.63) is 37.7 Å². The normalized spacial score (nSPS) is 15.7. The number of fused-ring (bicyclic) bond motifs is 1. The highest BCUT2D eigenvalue weighted by Crippen LogP contribution is 2.27. The van der Waals surface area contributed by atoms with E-state index in [1.54, 1.807) is 4.88 Å². The largest absolute Gasteiger partial charge is 0.293 e. The Morgan fingerprint density at radius 1 is 1.47 bits per heavy atom. The standard InChI is InChI=1S/C14H18BrN3S/c1-3-18-12(14(15)10(2)16-18)9-17-6-4-13-11(8-17)5-7-19-13/h5,7H,3-4,6,8-9H2,1-2H3. The molecule has 0 spiro atoms. The molecule has 1 aliphatic rings. The van der Waals surface area contributed by atoms with E-state index in [-0.39, 0.29) is 0 Å². The van der Waals surface area contributed by atoms with Gasteiger partial charge in [-0.15, -0.1) is 11.3 Å². The maximum Gasteiger partial charge on any atom is 0.0739 e. The minimum Gasteiger partial charge on any atom is -0.293 e. The third kappa shape index (κ3) is 2.51. The second-order valence-corrected chi connectivity index (χ2v) is 6.79. The summed E-state index contributed by atoms with van der Waals surface area (Å²) in [5.74, 6) is 0. The van der Waals surface area contributed by atoms with Crippen LogP contribution >= 0.6 is 27.3 Å². The third-order valence-electron chi connectivity index (χ3n) is 3.71. The van der Waals surface area contributed by atoms with Gasteiger partial charge in [0.2, 0.25) is 0 Å². The SMILES string of the molecule is CCn1nc(C)c(Br)c1CN1CCc2sccc2C1. The lowest BCUT2D eigenvalue weighted by atomic mass is 10.1. The van der Waals surface area contributed by atoms with Crippen LogP contribution in [-0.4, -0.2) is 21.2 Å². The van der Waals surface area contributed by atoms with E-state index < -0.39 is 0 Å². The average Bonchev–Trinajstić information content (AvgIpc) is 2.98. The molecule has 0 saturated carbocycles. The van der Waals surface area contributed by atoms with Crippen LogP contribution in [0.5, 0.6) is 0 Å². The third-order valence-corrected chi connectivity index (χ3v) is 5.77. The molecule has 102 valence electrons. The molecule has 2 aromatic rings. The van der Waals surface area contributed by atoms with Crippen molar-refractivity contribution in [2.45, 2.75) is 39.9 Å². The molecule has 0 N–H and O–H groups in total. The number of thiophene rings is 1. The Morgan fingerprint density at radius 3 is 3.11 bits per heavy atom. The fraction of sp³-hybridized carbons (Fsp3) is 0.500. The second-order valence-electron chi connectivity index (χ2n) is 4.99. The van der Waals surface area contributed by atoms with E-state index >= 15 is 0 Å². The van der Waals surface area contributed by atoms with Crippen LogP contribution in [0.4, 0.5) is 0 Å². The van der Waals surface area contributed by atoms with Gasteiger partial charge in [-0.25, -0.2) is 0 Å². The van der Waals surface area contributed by atoms with Crippen LogP contribution < -0.4 is 0 Å². The summed E-state index contributed by atoms with van der Waals surface area (Å²) >= 11 is 5.58. The van der Waals surface area contributed by atoms with Crippen molar-refractivity contribution >= 4 is 27.3 Å². The van der Waals surface area contributed by atoms with Gasteiger partial charge in [-0.05, 0) is 53.2 Å². The second kappa shape index (κ2) is 5.38. The van der Waals surface area contributed by atoms with Crippen LogP contribution in [0, 0.1) is 6.92 Å². The van der Waals surface area contributed by atoms with Crippen molar-refractivity contribution in [1.82, 2.24) is 14.7 Å². The van der Waals surface area contributed by atoms with Crippen LogP contribution in [0.1, 0.15) is 28.8 Å². The Balaban J connectivity index is 1.80. The molecule has 3 rings (SSSR count). The molecule has 0 aromatic carbocycles. The van der Waals surface area contributed by atoms with E-state index in [9.17, 15) is 0 Å². The van der Waals surface area contributed by atoms with E-state index in [1.807, 2.05) is 11.3 Å². The molecule has 2 aromatic heterocycles. The molecule has 3 heterocycles. The molecule has 1 aliphatic heterocycles. The van der Waals surface area contributed by atoms with Crippen molar-refractivity contribution in [2.75, 3.05) is 6.54 Å². The van der Waals surface area contributed by atoms with Gasteiger partial charge in [0, 0.05) is 31.1 Å². The first kappa shape index (κ1) is 13.3. The van der Waals surface area contributed by atoms with Crippen molar-refractivity contribution in [3.8, 4) is 0 Å². The molecule has 3 nitrogen and oxygen atoms in total. The van der Waals surface area contributed by atoms with Gasteiger partial charge in [0.15, 0.2) is 0 Å². The molecule has 19 heavy (non-hydrogen) atoms. The van der Waals surface area contributed by atoms with Crippen LogP contribution in [0.25, 0.3) is 0 Å². The highest BCUT2D eigenvalue weighted by atomic mass is 79.9. The van der Waals surface area contributed by atoms with Crippen molar-refractivity contribution in [2.24, 2.45) is 0 Å². The monoisotopic (exact) mass is 339 g/mol. The minimum absolute atomic E-state index is 0.930. The van der Waals surface area contributed by atoms with Crippen molar-refractivity contribution in [3.63, 3.8) is 0 Å². The lowest BCUT2D eigenvalue weighted by Crippen LogP contribution is -2.30. The first-order valence-electron chi connectivity index (χ1n) is 6.68. The van der Waals surface area contributed by atoms with Gasteiger partial charge in [0.05, 0.1) is 15.9 Å². The number of nitrogens with zero attached hydrogens (tertiary/aromatic N) is 3. The maximum absolute atomic E-state index is 4.57. The summed E-state index contributed by atoms with van der Waals surface area (Å²) in [5, 5.41) is 6.79. The van der Waals surface area contributed by atoms with Gasteiger partial charge < -0.3 is 0 Å². The topological polar surface area (TPSA) is 21.1 Å². The Bertz CT molecular complexity index is 588. The van der Waals surface area contributed by atoms with E-state index in [1.165, 1.54) is 22.2 Å². The van der Waals surface area contributed by atoms with Crippen molar-refractivity contribution < 1.29 is 0 Å². The Kier molecular flexibility index (Phi) is 3.78. The van der Waals surface area contributed by atoms with Gasteiger partial charge in [-0.1, -0.05) is 0 Å². The maximum atomic E-state index is 4.57. The van der Waals surface area contributed by atoms with Gasteiger partial charge in [0.1, 0.15) is 0 Å². The highest BCUT2D eigenvalue weighted by molar-refractivity contribution is 9.10. The molecule has 5 heteroatoms. The zero-order chi connectivity index (χ0) is 13.4. The van der Waals surface area contributed by atoms with Crippen molar-refractivity contribution in [1.29, 1.82) is 0 Å². The van der Waals surface area contributed by atoms with Crippen LogP contribution in [0.3, 0.4) is 0 Å². The summed E-state index contributed by atoms with van der Waals surface area (Å²) in [5.41, 5.74) is 3.90. The molecular formula is C14H18BrN3S. The predicted molar refractivity (Wildman–Crippen MR) is 82.5 cm³/mol. The fourth-order valence-corrected chi connectivity index (χ4v) is 3.97. The molecule has 0 radical (unpaired) electrons. The number of aryl methyl sites for hydroxylation is 2. The van der Waals surface area contributed by atoms with E-state index in [2.05, 4.69) is 55.9 Å². The lowest BCUT2D eigenvalue weighted by molar-refractivity contribution is 0.239. The molecule has 0 aliphatic carbocycles. The predicted octanol–water partition coefficient (Wildman–Crippen LogP) is 3.59. The van der Waals surface area contributed by atoms with Crippen LogP contribution in [0.2, 0.25) is 0 Å². The smallest absolute Gasteiger partial charge is 0.0739 e. The molecule has 0 saturated heterocycles. The van der Waals surface area contributed by atoms with Crippen LogP contribution in [0.15, 0.2) is 15.9 Å². The van der Waals surface area contributed by atoms with E-state index in [4.69, 9.17) is 0 Å². The van der Waals surface area contributed by atoms with Gasteiger partial charge in [-0.2, -0.15) is 5.10 Å². The first-order valence-corrected chi connectivity index (χ1v) is 8.35. The summed E-state index contributed by atoms with van der Waals surface area (Å²) in [6, 6.07) is 2.27. The number of rotatable bonds is 3. The average molecular weight is 340 g/mol. The summed E-state index contributed by atoms with van der Waals surface area (Å²) in [6.07, 6.45) is 1.18. The number of halogens is 1. The summed E-state index contributed by atoms with van der Waals surface area (Å²) in [4.78, 5) is 4.08. The number of hydrogen-bond donors (Lipinski definition) is 0. The lowest BCUT2D eigenvalue weighted by Gasteiger charge is -2.27. The van der Waals surface area contributed by atoms with Crippen LogP contribution in [-0.2, 0) is 26.1 Å². The fourth-order valence-electron chi connectivity index (χ4n) is 2.67. The number of aromatic nitrogens is 2. The van der Waals surface area contributed by atoms with E-state index in [0.717, 1.165) is 31.9 Å². The van der Waals surface area contributed by atoms with Gasteiger partial charge in [0.25, 0.3) is 0 Å². The molecular weight excluding hydrogens is 322 g/mol. The summed E-state index contributed by atoms with van der Waals surface area (Å²) < 4.78 is 3.29. The molecule has 0 amide bonds. The molecule has 0 unspecified atom stereocenters.